The number of hydrogen-bond acceptors (Lipinski definition) is 4. The van der Waals surface area contributed by atoms with Crippen molar-refractivity contribution in [3.63, 3.8) is 0 Å². The minimum atomic E-state index is 0.425. The molecule has 2 aliphatic heterocycles. The molecule has 2 fully saturated rings. The summed E-state index contributed by atoms with van der Waals surface area (Å²) in [5.74, 6) is 0. The summed E-state index contributed by atoms with van der Waals surface area (Å²) in [5, 5.41) is 3.38. The standard InChI is InChI=1S/C12H24N2O2/c1-15-11-2-6-14(7-3-11)8-4-12-10-13-5-9-16-12/h11-13H,2-10H2,1H3. The summed E-state index contributed by atoms with van der Waals surface area (Å²) >= 11 is 0. The van der Waals surface area contributed by atoms with E-state index in [2.05, 4.69) is 10.2 Å². The molecule has 0 saturated carbocycles. The Labute approximate surface area is 98.3 Å². The van der Waals surface area contributed by atoms with E-state index in [4.69, 9.17) is 9.47 Å². The number of ether oxygens (including phenoxy) is 2. The maximum atomic E-state index is 5.70. The molecule has 0 aromatic carbocycles. The largest absolute Gasteiger partial charge is 0.381 e. The van der Waals surface area contributed by atoms with Crippen LogP contribution in [0.4, 0.5) is 0 Å². The van der Waals surface area contributed by atoms with E-state index >= 15 is 0 Å². The van der Waals surface area contributed by atoms with E-state index in [1.807, 2.05) is 7.11 Å². The number of nitrogens with zero attached hydrogens (tertiary/aromatic N) is 1. The second-order valence-electron chi connectivity index (χ2n) is 4.76. The van der Waals surface area contributed by atoms with Crippen LogP contribution in [0, 0.1) is 0 Å². The molecule has 94 valence electrons. The number of likely N-dealkylation sites (tertiary alicyclic amines) is 1. The molecular weight excluding hydrogens is 204 g/mol. The van der Waals surface area contributed by atoms with Gasteiger partial charge in [-0.2, -0.15) is 0 Å². The number of nitrogens with one attached hydrogen (secondary N) is 1. The third-order valence-corrected chi connectivity index (χ3v) is 3.64. The van der Waals surface area contributed by atoms with E-state index < -0.39 is 0 Å². The van der Waals surface area contributed by atoms with Crippen LogP contribution < -0.4 is 5.32 Å². The van der Waals surface area contributed by atoms with E-state index in [-0.39, 0.29) is 0 Å². The van der Waals surface area contributed by atoms with Crippen LogP contribution in [0.5, 0.6) is 0 Å². The van der Waals surface area contributed by atoms with Gasteiger partial charge in [-0.05, 0) is 19.3 Å². The lowest BCUT2D eigenvalue weighted by molar-refractivity contribution is 0.00681. The van der Waals surface area contributed by atoms with Gasteiger partial charge in [0.1, 0.15) is 0 Å². The molecule has 0 radical (unpaired) electrons. The van der Waals surface area contributed by atoms with Gasteiger partial charge < -0.3 is 19.7 Å². The molecule has 2 saturated heterocycles. The molecule has 0 bridgehead atoms. The molecule has 1 N–H and O–H groups in total. The van der Waals surface area contributed by atoms with Crippen LogP contribution in [0.2, 0.25) is 0 Å². The molecule has 1 unspecified atom stereocenters. The van der Waals surface area contributed by atoms with Crippen LogP contribution in [-0.4, -0.2) is 63.5 Å². The van der Waals surface area contributed by atoms with Gasteiger partial charge in [0.2, 0.25) is 0 Å². The first-order valence-electron chi connectivity index (χ1n) is 6.46. The average molecular weight is 228 g/mol. The van der Waals surface area contributed by atoms with Crippen molar-refractivity contribution in [3.05, 3.63) is 0 Å². The first kappa shape index (κ1) is 12.3. The SMILES string of the molecule is COC1CCN(CCC2CNCCO2)CC1. The minimum Gasteiger partial charge on any atom is -0.381 e. The molecule has 0 amide bonds. The first-order chi connectivity index (χ1) is 7.88. The fraction of sp³-hybridized carbons (Fsp3) is 1.00. The van der Waals surface area contributed by atoms with Crippen LogP contribution >= 0.6 is 0 Å². The highest BCUT2D eigenvalue weighted by Gasteiger charge is 2.20. The Bertz CT molecular complexity index is 187. The number of morpholine rings is 1. The quantitative estimate of drug-likeness (QED) is 0.758. The highest BCUT2D eigenvalue weighted by Crippen LogP contribution is 2.14. The molecular formula is C12H24N2O2. The summed E-state index contributed by atoms with van der Waals surface area (Å²) in [4.78, 5) is 2.54. The Morgan fingerprint density at radius 3 is 2.81 bits per heavy atom. The lowest BCUT2D eigenvalue weighted by atomic mass is 10.1. The van der Waals surface area contributed by atoms with Gasteiger partial charge in [0.15, 0.2) is 0 Å². The summed E-state index contributed by atoms with van der Waals surface area (Å²) in [6.07, 6.45) is 4.43. The zero-order valence-electron chi connectivity index (χ0n) is 10.3. The maximum Gasteiger partial charge on any atom is 0.0712 e. The molecule has 0 aliphatic carbocycles. The van der Waals surface area contributed by atoms with Crippen LogP contribution in [0.3, 0.4) is 0 Å². The molecule has 2 rings (SSSR count). The summed E-state index contributed by atoms with van der Waals surface area (Å²) in [7, 11) is 1.82. The van der Waals surface area contributed by atoms with Crippen molar-refractivity contribution in [1.29, 1.82) is 0 Å². The van der Waals surface area contributed by atoms with Gasteiger partial charge in [0.25, 0.3) is 0 Å². The monoisotopic (exact) mass is 228 g/mol. The van der Waals surface area contributed by atoms with Gasteiger partial charge in [-0.25, -0.2) is 0 Å². The predicted molar refractivity (Wildman–Crippen MR) is 63.7 cm³/mol. The van der Waals surface area contributed by atoms with E-state index in [1.165, 1.54) is 32.5 Å². The number of methoxy groups -OCH3 is 1. The van der Waals surface area contributed by atoms with Crippen molar-refractivity contribution in [1.82, 2.24) is 10.2 Å². The van der Waals surface area contributed by atoms with Gasteiger partial charge in [-0.1, -0.05) is 0 Å². The summed E-state index contributed by atoms with van der Waals surface area (Å²) in [5.41, 5.74) is 0. The fourth-order valence-electron chi connectivity index (χ4n) is 2.50. The molecule has 4 nitrogen and oxygen atoms in total. The molecule has 0 aromatic heterocycles. The van der Waals surface area contributed by atoms with Crippen LogP contribution in [0.25, 0.3) is 0 Å². The lowest BCUT2D eigenvalue weighted by Gasteiger charge is -2.32. The Balaban J connectivity index is 1.59. The Hall–Kier alpha value is -0.160. The average Bonchev–Trinajstić information content (AvgIpc) is 2.38. The first-order valence-corrected chi connectivity index (χ1v) is 6.46. The van der Waals surface area contributed by atoms with Crippen molar-refractivity contribution in [2.45, 2.75) is 31.5 Å². The van der Waals surface area contributed by atoms with Gasteiger partial charge in [-0.15, -0.1) is 0 Å². The van der Waals surface area contributed by atoms with Crippen molar-refractivity contribution in [2.75, 3.05) is 46.4 Å². The predicted octanol–water partition coefficient (Wildman–Crippen LogP) is 0.476. The smallest absolute Gasteiger partial charge is 0.0712 e. The highest BCUT2D eigenvalue weighted by atomic mass is 16.5. The maximum absolute atomic E-state index is 5.70. The van der Waals surface area contributed by atoms with Crippen molar-refractivity contribution in [3.8, 4) is 0 Å². The minimum absolute atomic E-state index is 0.425. The van der Waals surface area contributed by atoms with Gasteiger partial charge in [0.05, 0.1) is 18.8 Å². The lowest BCUT2D eigenvalue weighted by Crippen LogP contribution is -2.42. The van der Waals surface area contributed by atoms with Crippen molar-refractivity contribution >= 4 is 0 Å². The zero-order valence-corrected chi connectivity index (χ0v) is 10.3. The highest BCUT2D eigenvalue weighted by molar-refractivity contribution is 4.74. The second kappa shape index (κ2) is 6.55. The van der Waals surface area contributed by atoms with Gasteiger partial charge in [-0.3, -0.25) is 0 Å². The van der Waals surface area contributed by atoms with Gasteiger partial charge >= 0.3 is 0 Å². The van der Waals surface area contributed by atoms with Gasteiger partial charge in [0, 0.05) is 39.8 Å². The van der Waals surface area contributed by atoms with Crippen LogP contribution in [-0.2, 0) is 9.47 Å². The number of hydrogen-bond donors (Lipinski definition) is 1. The molecule has 2 aliphatic rings. The van der Waals surface area contributed by atoms with E-state index in [0.29, 0.717) is 12.2 Å². The van der Waals surface area contributed by atoms with E-state index in [1.54, 1.807) is 0 Å². The Morgan fingerprint density at radius 1 is 1.38 bits per heavy atom. The van der Waals surface area contributed by atoms with Crippen molar-refractivity contribution in [2.24, 2.45) is 0 Å². The number of piperidine rings is 1. The van der Waals surface area contributed by atoms with Crippen LogP contribution in [0.1, 0.15) is 19.3 Å². The summed E-state index contributed by atoms with van der Waals surface area (Å²) in [6.45, 7) is 6.43. The van der Waals surface area contributed by atoms with E-state index in [9.17, 15) is 0 Å². The molecule has 16 heavy (non-hydrogen) atoms. The molecule has 4 heteroatoms. The molecule has 1 atom stereocenters. The fourth-order valence-corrected chi connectivity index (χ4v) is 2.50. The topological polar surface area (TPSA) is 33.7 Å². The second-order valence-corrected chi connectivity index (χ2v) is 4.76. The number of rotatable bonds is 4. The normalized spacial score (nSPS) is 29.4. The molecule has 0 spiro atoms. The Kier molecular flexibility index (Phi) is 5.03. The summed E-state index contributed by atoms with van der Waals surface area (Å²) < 4.78 is 11.1. The third-order valence-electron chi connectivity index (χ3n) is 3.64. The van der Waals surface area contributed by atoms with Crippen molar-refractivity contribution < 1.29 is 9.47 Å². The Morgan fingerprint density at radius 2 is 2.19 bits per heavy atom. The zero-order chi connectivity index (χ0) is 11.2. The molecule has 2 heterocycles. The summed E-state index contributed by atoms with van der Waals surface area (Å²) in [6, 6.07) is 0. The van der Waals surface area contributed by atoms with Crippen LogP contribution in [0.15, 0.2) is 0 Å². The molecule has 0 aromatic rings. The van der Waals surface area contributed by atoms with E-state index in [0.717, 1.165) is 26.1 Å². The third kappa shape index (κ3) is 3.70.